The average molecular weight is 215 g/mol. The summed E-state index contributed by atoms with van der Waals surface area (Å²) in [6, 6.07) is 3.36. The van der Waals surface area contributed by atoms with Gasteiger partial charge in [-0.1, -0.05) is 0 Å². The summed E-state index contributed by atoms with van der Waals surface area (Å²) in [7, 11) is 1.48. The maximum Gasteiger partial charge on any atom is 0.232 e. The Hall–Kier alpha value is -0.940. The van der Waals surface area contributed by atoms with E-state index in [-0.39, 0.29) is 6.10 Å². The summed E-state index contributed by atoms with van der Waals surface area (Å²) in [5.41, 5.74) is 0. The van der Waals surface area contributed by atoms with Gasteiger partial charge in [0.25, 0.3) is 0 Å². The molecule has 0 aromatic carbocycles. The van der Waals surface area contributed by atoms with Crippen LogP contribution in [0.3, 0.4) is 0 Å². The Morgan fingerprint density at radius 3 is 2.79 bits per heavy atom. The summed E-state index contributed by atoms with van der Waals surface area (Å²) in [6.07, 6.45) is 1.48. The van der Waals surface area contributed by atoms with Crippen molar-refractivity contribution in [2.24, 2.45) is 0 Å². The van der Waals surface area contributed by atoms with E-state index in [1.54, 1.807) is 18.3 Å². The van der Waals surface area contributed by atoms with E-state index >= 15 is 0 Å². The predicted octanol–water partition coefficient (Wildman–Crippen LogP) is 1.54. The highest BCUT2D eigenvalue weighted by molar-refractivity contribution is 7.80. The number of hydrogen-bond acceptors (Lipinski definition) is 4. The fraction of sp³-hybridized carbons (Fsp3) is 0.444. The number of pyridine rings is 1. The van der Waals surface area contributed by atoms with E-state index in [0.29, 0.717) is 10.8 Å². The van der Waals surface area contributed by atoms with E-state index in [1.165, 1.54) is 7.11 Å². The molecule has 1 heterocycles. The maximum atomic E-state index is 11.6. The highest BCUT2D eigenvalue weighted by Gasteiger charge is 2.13. The van der Waals surface area contributed by atoms with Gasteiger partial charge in [-0.2, -0.15) is 0 Å². The van der Waals surface area contributed by atoms with Crippen LogP contribution in [0.4, 0.5) is 0 Å². The van der Waals surface area contributed by atoms with Crippen molar-refractivity contribution < 1.29 is 13.1 Å². The van der Waals surface area contributed by atoms with Gasteiger partial charge in [-0.3, -0.25) is 4.18 Å². The van der Waals surface area contributed by atoms with Crippen LogP contribution >= 0.6 is 0 Å². The molecule has 0 saturated carbocycles. The topological polar surface area (TPSA) is 48.4 Å². The molecule has 1 aromatic rings. The molecule has 4 nitrogen and oxygen atoms in total. The highest BCUT2D eigenvalue weighted by Crippen LogP contribution is 2.19. The third-order valence-electron chi connectivity index (χ3n) is 1.39. The summed E-state index contributed by atoms with van der Waals surface area (Å²) in [5.74, 6) is 0.339. The van der Waals surface area contributed by atoms with Gasteiger partial charge in [-0.15, -0.1) is 0 Å². The average Bonchev–Trinajstić information content (AvgIpc) is 2.16. The highest BCUT2D eigenvalue weighted by atomic mass is 32.2. The minimum absolute atomic E-state index is 0.0965. The van der Waals surface area contributed by atoms with Crippen LogP contribution in [0.1, 0.15) is 13.8 Å². The number of hydrogen-bond donors (Lipinski definition) is 0. The molecule has 0 bridgehead atoms. The molecule has 0 saturated heterocycles. The predicted molar refractivity (Wildman–Crippen MR) is 53.4 cm³/mol. The van der Waals surface area contributed by atoms with Gasteiger partial charge in [0.15, 0.2) is 11.1 Å². The molecule has 0 radical (unpaired) electrons. The van der Waals surface area contributed by atoms with Crippen molar-refractivity contribution in [2.75, 3.05) is 7.11 Å². The van der Waals surface area contributed by atoms with Crippen molar-refractivity contribution in [3.8, 4) is 5.88 Å². The molecular weight excluding hydrogens is 202 g/mol. The Morgan fingerprint density at radius 1 is 1.50 bits per heavy atom. The summed E-state index contributed by atoms with van der Waals surface area (Å²) >= 11 is -1.51. The van der Waals surface area contributed by atoms with Gasteiger partial charge in [0.2, 0.25) is 5.88 Å². The molecule has 0 aliphatic heterocycles. The van der Waals surface area contributed by atoms with Crippen LogP contribution in [-0.4, -0.2) is 22.4 Å². The first-order valence-corrected chi connectivity index (χ1v) is 5.30. The molecule has 0 aliphatic carbocycles. The fourth-order valence-corrected chi connectivity index (χ4v) is 1.80. The number of rotatable bonds is 4. The molecule has 5 heteroatoms. The molecule has 0 unspecified atom stereocenters. The van der Waals surface area contributed by atoms with Crippen LogP contribution in [-0.2, 0) is 15.3 Å². The molecule has 78 valence electrons. The van der Waals surface area contributed by atoms with Gasteiger partial charge in [-0.25, -0.2) is 9.19 Å². The van der Waals surface area contributed by atoms with Gasteiger partial charge in [-0.05, 0) is 26.0 Å². The number of nitrogens with zero attached hydrogens (tertiary/aromatic N) is 1. The third kappa shape index (κ3) is 2.78. The van der Waals surface area contributed by atoms with Crippen LogP contribution in [0.25, 0.3) is 0 Å². The Labute approximate surface area is 85.9 Å². The van der Waals surface area contributed by atoms with Crippen molar-refractivity contribution in [1.82, 2.24) is 4.98 Å². The van der Waals surface area contributed by atoms with E-state index in [4.69, 9.17) is 8.92 Å². The largest absolute Gasteiger partial charge is 0.480 e. The smallest absolute Gasteiger partial charge is 0.232 e. The molecule has 1 atom stereocenters. The Kier molecular flexibility index (Phi) is 4.03. The minimum Gasteiger partial charge on any atom is -0.480 e. The van der Waals surface area contributed by atoms with Gasteiger partial charge >= 0.3 is 0 Å². The van der Waals surface area contributed by atoms with E-state index < -0.39 is 11.1 Å². The van der Waals surface area contributed by atoms with Gasteiger partial charge < -0.3 is 4.74 Å². The first-order chi connectivity index (χ1) is 6.65. The SMILES string of the molecule is COc1ncccc1[S@](=O)OC(C)C. The number of ether oxygens (including phenoxy) is 1. The second-order valence-corrected chi connectivity index (χ2v) is 3.99. The van der Waals surface area contributed by atoms with E-state index in [0.717, 1.165) is 0 Å². The molecular formula is C9H13NO3S. The number of aromatic nitrogens is 1. The van der Waals surface area contributed by atoms with Crippen LogP contribution in [0, 0.1) is 0 Å². The van der Waals surface area contributed by atoms with E-state index in [9.17, 15) is 4.21 Å². The van der Waals surface area contributed by atoms with Gasteiger partial charge in [0.1, 0.15) is 4.90 Å². The Morgan fingerprint density at radius 2 is 2.21 bits per heavy atom. The summed E-state index contributed by atoms with van der Waals surface area (Å²) < 4.78 is 21.7. The van der Waals surface area contributed by atoms with Crippen LogP contribution in [0.15, 0.2) is 23.2 Å². The maximum absolute atomic E-state index is 11.6. The lowest BCUT2D eigenvalue weighted by Crippen LogP contribution is -2.07. The lowest BCUT2D eigenvalue weighted by Gasteiger charge is -2.08. The molecule has 0 fully saturated rings. The first kappa shape index (κ1) is 11.1. The molecule has 1 aromatic heterocycles. The zero-order valence-corrected chi connectivity index (χ0v) is 9.21. The standard InChI is InChI=1S/C9H13NO3S/c1-7(2)13-14(11)8-5-4-6-10-9(8)12-3/h4-7H,1-3H3/t14-/m1/s1. The quantitative estimate of drug-likeness (QED) is 0.764. The van der Waals surface area contributed by atoms with Crippen LogP contribution < -0.4 is 4.74 Å². The molecule has 0 aliphatic rings. The van der Waals surface area contributed by atoms with Crippen molar-refractivity contribution in [2.45, 2.75) is 24.8 Å². The van der Waals surface area contributed by atoms with Crippen LogP contribution in [0.5, 0.6) is 5.88 Å². The van der Waals surface area contributed by atoms with Crippen molar-refractivity contribution in [3.63, 3.8) is 0 Å². The molecule has 0 amide bonds. The monoisotopic (exact) mass is 215 g/mol. The fourth-order valence-electron chi connectivity index (χ4n) is 0.883. The van der Waals surface area contributed by atoms with Crippen LogP contribution in [0.2, 0.25) is 0 Å². The molecule has 0 N–H and O–H groups in total. The Balaban J connectivity index is 2.88. The zero-order chi connectivity index (χ0) is 10.6. The molecule has 0 spiro atoms. The van der Waals surface area contributed by atoms with Crippen molar-refractivity contribution in [1.29, 1.82) is 0 Å². The summed E-state index contributed by atoms with van der Waals surface area (Å²) in [6.45, 7) is 3.64. The second kappa shape index (κ2) is 5.07. The lowest BCUT2D eigenvalue weighted by molar-refractivity contribution is 0.268. The van der Waals surface area contributed by atoms with Crippen molar-refractivity contribution >= 4 is 11.1 Å². The lowest BCUT2D eigenvalue weighted by atomic mass is 10.5. The Bertz CT molecular complexity index is 328. The van der Waals surface area contributed by atoms with Gasteiger partial charge in [0.05, 0.1) is 13.2 Å². The van der Waals surface area contributed by atoms with E-state index in [2.05, 4.69) is 4.98 Å². The van der Waals surface area contributed by atoms with E-state index in [1.807, 2.05) is 13.8 Å². The molecule has 1 rings (SSSR count). The number of methoxy groups -OCH3 is 1. The summed E-state index contributed by atoms with van der Waals surface area (Å²) in [4.78, 5) is 4.39. The molecule has 14 heavy (non-hydrogen) atoms. The second-order valence-electron chi connectivity index (χ2n) is 2.89. The third-order valence-corrected chi connectivity index (χ3v) is 2.62. The van der Waals surface area contributed by atoms with Crippen molar-refractivity contribution in [3.05, 3.63) is 18.3 Å². The van der Waals surface area contributed by atoms with Gasteiger partial charge in [0, 0.05) is 6.20 Å². The zero-order valence-electron chi connectivity index (χ0n) is 8.39. The normalized spacial score (nSPS) is 12.9. The minimum atomic E-state index is -1.51. The first-order valence-electron chi connectivity index (χ1n) is 4.23. The summed E-state index contributed by atoms with van der Waals surface area (Å²) in [5, 5.41) is 0.